The van der Waals surface area contributed by atoms with E-state index in [9.17, 15) is 4.39 Å². The van der Waals surface area contributed by atoms with E-state index < -0.39 is 0 Å². The van der Waals surface area contributed by atoms with Crippen molar-refractivity contribution in [1.82, 2.24) is 0 Å². The topological polar surface area (TPSA) is 35.2 Å². The van der Waals surface area contributed by atoms with Gasteiger partial charge in [-0.25, -0.2) is 4.39 Å². The zero-order valence-corrected chi connectivity index (χ0v) is 11.6. The van der Waals surface area contributed by atoms with Crippen LogP contribution in [0.2, 0.25) is 0 Å². The number of hydrogen-bond donors (Lipinski definition) is 1. The van der Waals surface area contributed by atoms with Crippen LogP contribution in [-0.4, -0.2) is 12.6 Å². The second kappa shape index (κ2) is 6.90. The number of para-hydroxylation sites is 1. The fourth-order valence-electron chi connectivity index (χ4n) is 3.06. The summed E-state index contributed by atoms with van der Waals surface area (Å²) in [6, 6.07) is 6.64. The minimum atomic E-state index is -0.282. The van der Waals surface area contributed by atoms with Gasteiger partial charge in [0.2, 0.25) is 0 Å². The van der Waals surface area contributed by atoms with Crippen LogP contribution in [0.5, 0.6) is 5.75 Å². The molecule has 0 amide bonds. The van der Waals surface area contributed by atoms with Gasteiger partial charge in [-0.15, -0.1) is 0 Å². The van der Waals surface area contributed by atoms with Gasteiger partial charge in [-0.2, -0.15) is 0 Å². The van der Waals surface area contributed by atoms with E-state index >= 15 is 0 Å². The monoisotopic (exact) mass is 265 g/mol. The SMILES string of the molecule is CCCC1CCC(CN)C(Oc2ccccc2F)C1. The van der Waals surface area contributed by atoms with Crippen molar-refractivity contribution in [1.29, 1.82) is 0 Å². The average Bonchev–Trinajstić information content (AvgIpc) is 2.42. The Morgan fingerprint density at radius 1 is 1.32 bits per heavy atom. The summed E-state index contributed by atoms with van der Waals surface area (Å²) >= 11 is 0. The summed E-state index contributed by atoms with van der Waals surface area (Å²) in [4.78, 5) is 0. The van der Waals surface area contributed by atoms with Crippen LogP contribution >= 0.6 is 0 Å². The summed E-state index contributed by atoms with van der Waals surface area (Å²) in [5.41, 5.74) is 5.83. The molecule has 0 spiro atoms. The molecule has 0 aromatic heterocycles. The molecule has 2 rings (SSSR count). The molecule has 1 aromatic rings. The zero-order chi connectivity index (χ0) is 13.7. The van der Waals surface area contributed by atoms with Gasteiger partial charge in [0.05, 0.1) is 0 Å². The van der Waals surface area contributed by atoms with Crippen molar-refractivity contribution in [3.05, 3.63) is 30.1 Å². The highest BCUT2D eigenvalue weighted by Crippen LogP contribution is 2.34. The van der Waals surface area contributed by atoms with Gasteiger partial charge in [-0.05, 0) is 43.9 Å². The van der Waals surface area contributed by atoms with Crippen molar-refractivity contribution in [2.75, 3.05) is 6.54 Å². The molecule has 1 aromatic carbocycles. The Balaban J connectivity index is 2.04. The van der Waals surface area contributed by atoms with Gasteiger partial charge >= 0.3 is 0 Å². The zero-order valence-electron chi connectivity index (χ0n) is 11.6. The Bertz CT molecular complexity index is 396. The molecule has 0 aliphatic heterocycles. The Kier molecular flexibility index (Phi) is 5.20. The predicted molar refractivity (Wildman–Crippen MR) is 75.6 cm³/mol. The lowest BCUT2D eigenvalue weighted by Gasteiger charge is -2.35. The Morgan fingerprint density at radius 3 is 2.79 bits per heavy atom. The number of rotatable bonds is 5. The molecule has 0 saturated heterocycles. The van der Waals surface area contributed by atoms with Gasteiger partial charge in [0.1, 0.15) is 6.10 Å². The molecule has 0 radical (unpaired) electrons. The molecule has 2 N–H and O–H groups in total. The maximum atomic E-state index is 13.7. The highest BCUT2D eigenvalue weighted by molar-refractivity contribution is 5.24. The van der Waals surface area contributed by atoms with Gasteiger partial charge < -0.3 is 10.5 Å². The van der Waals surface area contributed by atoms with Crippen molar-refractivity contribution < 1.29 is 9.13 Å². The van der Waals surface area contributed by atoms with E-state index in [0.717, 1.165) is 12.8 Å². The van der Waals surface area contributed by atoms with E-state index in [1.54, 1.807) is 12.1 Å². The lowest BCUT2D eigenvalue weighted by atomic mass is 9.78. The first-order valence-corrected chi connectivity index (χ1v) is 7.35. The van der Waals surface area contributed by atoms with Crippen LogP contribution in [0.4, 0.5) is 4.39 Å². The molecule has 1 aliphatic rings. The second-order valence-corrected chi connectivity index (χ2v) is 5.55. The lowest BCUT2D eigenvalue weighted by molar-refractivity contribution is 0.0636. The molecule has 1 fully saturated rings. The minimum absolute atomic E-state index is 0.0622. The summed E-state index contributed by atoms with van der Waals surface area (Å²) in [7, 11) is 0. The van der Waals surface area contributed by atoms with Crippen LogP contribution < -0.4 is 10.5 Å². The number of benzene rings is 1. The quantitative estimate of drug-likeness (QED) is 0.880. The van der Waals surface area contributed by atoms with Gasteiger partial charge in [0.15, 0.2) is 11.6 Å². The van der Waals surface area contributed by atoms with E-state index in [-0.39, 0.29) is 11.9 Å². The normalized spacial score (nSPS) is 27.2. The van der Waals surface area contributed by atoms with Crippen molar-refractivity contribution in [3.63, 3.8) is 0 Å². The average molecular weight is 265 g/mol. The molecule has 0 heterocycles. The van der Waals surface area contributed by atoms with Crippen LogP contribution in [0.1, 0.15) is 39.0 Å². The first-order chi connectivity index (χ1) is 9.24. The predicted octanol–water partition coefficient (Wildman–Crippen LogP) is 3.75. The van der Waals surface area contributed by atoms with E-state index in [4.69, 9.17) is 10.5 Å². The van der Waals surface area contributed by atoms with Crippen molar-refractivity contribution in [2.45, 2.75) is 45.1 Å². The smallest absolute Gasteiger partial charge is 0.165 e. The van der Waals surface area contributed by atoms with Crippen molar-refractivity contribution in [3.8, 4) is 5.75 Å². The lowest BCUT2D eigenvalue weighted by Crippen LogP contribution is -2.38. The maximum absolute atomic E-state index is 13.7. The molecular weight excluding hydrogens is 241 g/mol. The van der Waals surface area contributed by atoms with Gasteiger partial charge in [0, 0.05) is 5.92 Å². The fraction of sp³-hybridized carbons (Fsp3) is 0.625. The van der Waals surface area contributed by atoms with Gasteiger partial charge in [-0.1, -0.05) is 31.9 Å². The maximum Gasteiger partial charge on any atom is 0.165 e. The third-order valence-corrected chi connectivity index (χ3v) is 4.15. The number of halogens is 1. The van der Waals surface area contributed by atoms with E-state index in [0.29, 0.717) is 24.1 Å². The summed E-state index contributed by atoms with van der Waals surface area (Å²) < 4.78 is 19.6. The molecule has 3 unspecified atom stereocenters. The van der Waals surface area contributed by atoms with Crippen LogP contribution in [0, 0.1) is 17.7 Å². The van der Waals surface area contributed by atoms with E-state index in [1.165, 1.54) is 25.3 Å². The molecule has 2 nitrogen and oxygen atoms in total. The third kappa shape index (κ3) is 3.69. The molecule has 0 bridgehead atoms. The largest absolute Gasteiger partial charge is 0.487 e. The van der Waals surface area contributed by atoms with E-state index in [1.807, 2.05) is 6.07 Å². The fourth-order valence-corrected chi connectivity index (χ4v) is 3.06. The second-order valence-electron chi connectivity index (χ2n) is 5.55. The highest BCUT2D eigenvalue weighted by atomic mass is 19.1. The van der Waals surface area contributed by atoms with Crippen LogP contribution in [0.3, 0.4) is 0 Å². The molecule has 3 atom stereocenters. The molecule has 3 heteroatoms. The molecule has 1 saturated carbocycles. The summed E-state index contributed by atoms with van der Waals surface area (Å²) in [5.74, 6) is 1.14. The van der Waals surface area contributed by atoms with Gasteiger partial charge in [0.25, 0.3) is 0 Å². The Morgan fingerprint density at radius 2 is 2.11 bits per heavy atom. The molecule has 1 aliphatic carbocycles. The first kappa shape index (κ1) is 14.3. The third-order valence-electron chi connectivity index (χ3n) is 4.15. The molecule has 19 heavy (non-hydrogen) atoms. The standard InChI is InChI=1S/C16H24FNO/c1-2-5-12-8-9-13(11-18)16(10-12)19-15-7-4-3-6-14(15)17/h3-4,6-7,12-13,16H,2,5,8-11,18H2,1H3. The summed E-state index contributed by atoms with van der Waals surface area (Å²) in [5, 5.41) is 0. The first-order valence-electron chi connectivity index (χ1n) is 7.35. The summed E-state index contributed by atoms with van der Waals surface area (Å²) in [6.45, 7) is 2.83. The molecular formula is C16H24FNO. The number of hydrogen-bond acceptors (Lipinski definition) is 2. The Hall–Kier alpha value is -1.09. The minimum Gasteiger partial charge on any atom is -0.487 e. The van der Waals surface area contributed by atoms with Crippen molar-refractivity contribution >= 4 is 0 Å². The molecule has 106 valence electrons. The van der Waals surface area contributed by atoms with E-state index in [2.05, 4.69) is 6.92 Å². The van der Waals surface area contributed by atoms with Crippen LogP contribution in [0.15, 0.2) is 24.3 Å². The number of nitrogens with two attached hydrogens (primary N) is 1. The van der Waals surface area contributed by atoms with Gasteiger partial charge in [-0.3, -0.25) is 0 Å². The number of ether oxygens (including phenoxy) is 1. The van der Waals surface area contributed by atoms with Crippen LogP contribution in [-0.2, 0) is 0 Å². The van der Waals surface area contributed by atoms with Crippen molar-refractivity contribution in [2.24, 2.45) is 17.6 Å². The summed E-state index contributed by atoms with van der Waals surface area (Å²) in [6.07, 6.45) is 5.82. The van der Waals surface area contributed by atoms with Crippen LogP contribution in [0.25, 0.3) is 0 Å². The Labute approximate surface area is 115 Å². The highest BCUT2D eigenvalue weighted by Gasteiger charge is 2.31.